The first kappa shape index (κ1) is 22.8. The molecule has 1 aliphatic carbocycles. The van der Waals surface area contributed by atoms with Crippen molar-refractivity contribution in [3.63, 3.8) is 0 Å². The quantitative estimate of drug-likeness (QED) is 0.471. The lowest BCUT2D eigenvalue weighted by atomic mass is 10.0. The lowest BCUT2D eigenvalue weighted by molar-refractivity contribution is -0.127. The molecule has 3 N–H and O–H groups in total. The number of fused-ring (bicyclic) bond motifs is 1. The first-order chi connectivity index (χ1) is 15.6. The van der Waals surface area contributed by atoms with Crippen LogP contribution in [0.1, 0.15) is 44.0 Å². The van der Waals surface area contributed by atoms with Gasteiger partial charge in [-0.25, -0.2) is 19.2 Å². The Morgan fingerprint density at radius 1 is 1.36 bits per heavy atom. The van der Waals surface area contributed by atoms with Crippen LogP contribution in [-0.4, -0.2) is 55.2 Å². The van der Waals surface area contributed by atoms with Gasteiger partial charge in [0.05, 0.1) is 12.1 Å². The number of alkyl carbamates (subject to hydrolysis) is 1. The van der Waals surface area contributed by atoms with Crippen molar-refractivity contribution in [1.29, 1.82) is 0 Å². The van der Waals surface area contributed by atoms with Gasteiger partial charge in [-0.3, -0.25) is 9.50 Å². The fourth-order valence-corrected chi connectivity index (χ4v) is 3.84. The van der Waals surface area contributed by atoms with Gasteiger partial charge in [0.2, 0.25) is 5.95 Å². The van der Waals surface area contributed by atoms with Gasteiger partial charge in [0.25, 0.3) is 0 Å². The number of nitrogens with one attached hydrogen (secondary N) is 3. The van der Waals surface area contributed by atoms with Gasteiger partial charge >= 0.3 is 12.3 Å². The average Bonchev–Trinajstić information content (AvgIpc) is 3.40. The van der Waals surface area contributed by atoms with Gasteiger partial charge < -0.3 is 15.4 Å². The molecule has 0 bridgehead atoms. The van der Waals surface area contributed by atoms with Crippen molar-refractivity contribution in [1.82, 2.24) is 29.9 Å². The molecule has 33 heavy (non-hydrogen) atoms. The van der Waals surface area contributed by atoms with Crippen LogP contribution in [0.15, 0.2) is 24.5 Å². The predicted octanol–water partition coefficient (Wildman–Crippen LogP) is 4.02. The van der Waals surface area contributed by atoms with Gasteiger partial charge in [0.15, 0.2) is 5.82 Å². The predicted molar refractivity (Wildman–Crippen MR) is 110 cm³/mol. The van der Waals surface area contributed by atoms with Crippen LogP contribution in [0.5, 0.6) is 0 Å². The smallest absolute Gasteiger partial charge is 0.407 e. The molecule has 0 radical (unpaired) electrons. The highest BCUT2D eigenvalue weighted by atomic mass is 19.4. The summed E-state index contributed by atoms with van der Waals surface area (Å²) in [4.78, 5) is 19.9. The van der Waals surface area contributed by atoms with Crippen LogP contribution in [0, 0.1) is 0 Å². The Balaban J connectivity index is 1.45. The number of aromatic amines is 1. The van der Waals surface area contributed by atoms with Crippen LogP contribution in [0.4, 0.5) is 34.1 Å². The Morgan fingerprint density at radius 2 is 2.15 bits per heavy atom. The van der Waals surface area contributed by atoms with Crippen LogP contribution in [0.2, 0.25) is 0 Å². The highest BCUT2D eigenvalue weighted by molar-refractivity contribution is 5.67. The first-order valence-electron chi connectivity index (χ1n) is 10.4. The normalized spacial score (nSPS) is 21.0. The fourth-order valence-electron chi connectivity index (χ4n) is 3.84. The standard InChI is InChI=1S/C20H23F4N7O2/c1-10(2)26-19(32)33-14-4-3-12(17(14)21)13-7-15(30-29-13)28-18-25-6-5-16-27-11(9-31(16)18)8-20(22,23)24/h5-7,9-10,12,14,17H,3-4,8H2,1-2H3,(H,26,32)(H2,25,28,29,30)/t12-,14-,17-/m1/s1. The maximum atomic E-state index is 14.9. The largest absolute Gasteiger partial charge is 0.443 e. The molecule has 4 rings (SSSR count). The summed E-state index contributed by atoms with van der Waals surface area (Å²) in [6, 6.07) is 2.97. The van der Waals surface area contributed by atoms with Gasteiger partial charge in [0.1, 0.15) is 17.9 Å². The van der Waals surface area contributed by atoms with E-state index in [1.165, 1.54) is 22.9 Å². The molecular weight excluding hydrogens is 446 g/mol. The zero-order valence-electron chi connectivity index (χ0n) is 17.9. The van der Waals surface area contributed by atoms with Crippen LogP contribution < -0.4 is 10.6 Å². The number of hydrogen-bond acceptors (Lipinski definition) is 6. The number of anilines is 2. The topological polar surface area (TPSA) is 109 Å². The van der Waals surface area contributed by atoms with E-state index in [0.29, 0.717) is 30.0 Å². The van der Waals surface area contributed by atoms with E-state index >= 15 is 0 Å². The number of nitrogens with zero attached hydrogens (tertiary/aromatic N) is 4. The molecule has 3 aromatic heterocycles. The molecule has 1 fully saturated rings. The number of amides is 1. The zero-order chi connectivity index (χ0) is 23.8. The molecule has 1 aliphatic rings. The third-order valence-corrected chi connectivity index (χ3v) is 5.22. The summed E-state index contributed by atoms with van der Waals surface area (Å²) in [6.07, 6.45) is -4.96. The summed E-state index contributed by atoms with van der Waals surface area (Å²) in [6.45, 7) is 3.56. The summed E-state index contributed by atoms with van der Waals surface area (Å²) in [5, 5.41) is 12.4. The molecule has 0 saturated heterocycles. The molecule has 178 valence electrons. The second-order valence-electron chi connectivity index (χ2n) is 8.23. The summed E-state index contributed by atoms with van der Waals surface area (Å²) in [5.41, 5.74) is 0.665. The van der Waals surface area contributed by atoms with Crippen LogP contribution in [0.25, 0.3) is 5.65 Å². The fraction of sp³-hybridized carbons (Fsp3) is 0.500. The Kier molecular flexibility index (Phi) is 6.13. The Labute approximate surface area is 185 Å². The van der Waals surface area contributed by atoms with E-state index < -0.39 is 36.9 Å². The third kappa shape index (κ3) is 5.34. The van der Waals surface area contributed by atoms with Gasteiger partial charge in [-0.05, 0) is 32.8 Å². The zero-order valence-corrected chi connectivity index (χ0v) is 17.9. The molecule has 0 aromatic carbocycles. The molecule has 13 heteroatoms. The van der Waals surface area contributed by atoms with E-state index in [1.54, 1.807) is 19.9 Å². The molecule has 0 spiro atoms. The van der Waals surface area contributed by atoms with Gasteiger partial charge in [-0.2, -0.15) is 18.3 Å². The third-order valence-electron chi connectivity index (χ3n) is 5.22. The second-order valence-corrected chi connectivity index (χ2v) is 8.23. The van der Waals surface area contributed by atoms with E-state index in [-0.39, 0.29) is 17.7 Å². The number of hydrogen-bond donors (Lipinski definition) is 3. The number of carbonyl (C=O) groups excluding carboxylic acids is 1. The van der Waals surface area contributed by atoms with E-state index in [1.807, 2.05) is 0 Å². The first-order valence-corrected chi connectivity index (χ1v) is 10.4. The van der Waals surface area contributed by atoms with Crippen molar-refractivity contribution in [3.8, 4) is 0 Å². The lowest BCUT2D eigenvalue weighted by Gasteiger charge is -2.18. The number of ether oxygens (including phenoxy) is 1. The minimum Gasteiger partial charge on any atom is -0.443 e. The van der Waals surface area contributed by atoms with Crippen LogP contribution in [0.3, 0.4) is 0 Å². The molecule has 1 amide bonds. The minimum absolute atomic E-state index is 0.118. The number of halogens is 4. The second kappa shape index (κ2) is 8.87. The molecule has 3 atom stereocenters. The Morgan fingerprint density at radius 3 is 2.88 bits per heavy atom. The van der Waals surface area contributed by atoms with E-state index in [0.717, 1.165) is 0 Å². The van der Waals surface area contributed by atoms with E-state index in [9.17, 15) is 22.4 Å². The number of H-pyrrole nitrogens is 1. The SMILES string of the molecule is CC(C)NC(=O)O[C@@H]1CC[C@H](c2cc(Nc3nccc4nc(CC(F)(F)F)cn34)n[nH]2)[C@H]1F. The van der Waals surface area contributed by atoms with Gasteiger partial charge in [0, 0.05) is 36.1 Å². The summed E-state index contributed by atoms with van der Waals surface area (Å²) in [7, 11) is 0. The molecule has 3 aromatic rings. The molecule has 0 unspecified atom stereocenters. The highest BCUT2D eigenvalue weighted by Gasteiger charge is 2.41. The Bertz CT molecular complexity index is 1130. The monoisotopic (exact) mass is 469 g/mol. The summed E-state index contributed by atoms with van der Waals surface area (Å²) in [5.74, 6) is -0.0215. The molecule has 1 saturated carbocycles. The number of aromatic nitrogens is 5. The van der Waals surface area contributed by atoms with Crippen molar-refractivity contribution in [3.05, 3.63) is 35.9 Å². The van der Waals surface area contributed by atoms with Crippen molar-refractivity contribution < 1.29 is 27.1 Å². The Hall–Kier alpha value is -3.38. The molecule has 3 heterocycles. The van der Waals surface area contributed by atoms with Crippen molar-refractivity contribution in [2.75, 3.05) is 5.32 Å². The van der Waals surface area contributed by atoms with Gasteiger partial charge in [-0.15, -0.1) is 0 Å². The lowest BCUT2D eigenvalue weighted by Crippen LogP contribution is -2.36. The van der Waals surface area contributed by atoms with Crippen molar-refractivity contribution in [2.45, 2.75) is 63.5 Å². The maximum absolute atomic E-state index is 14.9. The van der Waals surface area contributed by atoms with Gasteiger partial charge in [-0.1, -0.05) is 0 Å². The highest BCUT2D eigenvalue weighted by Crippen LogP contribution is 2.38. The molecule has 0 aliphatic heterocycles. The van der Waals surface area contributed by atoms with Crippen LogP contribution in [-0.2, 0) is 11.2 Å². The molecular formula is C20H23F4N7O2. The van der Waals surface area contributed by atoms with Crippen molar-refractivity contribution in [2.24, 2.45) is 0 Å². The van der Waals surface area contributed by atoms with E-state index in [4.69, 9.17) is 4.74 Å². The summed E-state index contributed by atoms with van der Waals surface area (Å²) >= 11 is 0. The maximum Gasteiger partial charge on any atom is 0.407 e. The van der Waals surface area contributed by atoms with Crippen molar-refractivity contribution >= 4 is 23.5 Å². The average molecular weight is 469 g/mol. The number of rotatable bonds is 6. The number of imidazole rings is 1. The van der Waals surface area contributed by atoms with Crippen LogP contribution >= 0.6 is 0 Å². The summed E-state index contributed by atoms with van der Waals surface area (Å²) < 4.78 is 59.6. The number of carbonyl (C=O) groups is 1. The number of alkyl halides is 4. The minimum atomic E-state index is -4.38. The molecule has 9 nitrogen and oxygen atoms in total. The van der Waals surface area contributed by atoms with E-state index in [2.05, 4.69) is 30.8 Å².